The first kappa shape index (κ1) is 13.4. The molecule has 0 aliphatic carbocycles. The van der Waals surface area contributed by atoms with E-state index in [0.717, 1.165) is 42.9 Å². The van der Waals surface area contributed by atoms with Crippen molar-refractivity contribution in [2.24, 2.45) is 0 Å². The fourth-order valence-electron chi connectivity index (χ4n) is 3.01. The van der Waals surface area contributed by atoms with E-state index >= 15 is 0 Å². The van der Waals surface area contributed by atoms with Gasteiger partial charge in [0.05, 0.1) is 12.2 Å². The van der Waals surface area contributed by atoms with Crippen LogP contribution in [0.2, 0.25) is 0 Å². The lowest BCUT2D eigenvalue weighted by molar-refractivity contribution is 0.196. The number of nitrogens with zero attached hydrogens (tertiary/aromatic N) is 2. The average Bonchev–Trinajstić information content (AvgIpc) is 3.04. The number of benzene rings is 1. The summed E-state index contributed by atoms with van der Waals surface area (Å²) >= 11 is 0. The number of nitrogens with two attached hydrogens (primary N) is 1. The number of rotatable bonds is 5. The van der Waals surface area contributed by atoms with Gasteiger partial charge in [-0.25, -0.2) is 4.98 Å². The monoisotopic (exact) mass is 275 g/mol. The summed E-state index contributed by atoms with van der Waals surface area (Å²) in [6.45, 7) is 2.07. The highest BCUT2D eigenvalue weighted by Crippen LogP contribution is 2.26. The predicted molar refractivity (Wildman–Crippen MR) is 78.2 cm³/mol. The minimum absolute atomic E-state index is 0.268. The van der Waals surface area contributed by atoms with Crippen LogP contribution in [0.4, 0.5) is 5.69 Å². The molecule has 0 spiro atoms. The zero-order valence-electron chi connectivity index (χ0n) is 11.6. The molecule has 0 saturated carbocycles. The summed E-state index contributed by atoms with van der Waals surface area (Å²) < 4.78 is 5.78. The molecule has 5 nitrogen and oxygen atoms in total. The number of aliphatic hydroxyl groups excluding tert-OH is 1. The molecule has 2 heterocycles. The van der Waals surface area contributed by atoms with Crippen molar-refractivity contribution in [1.29, 1.82) is 0 Å². The summed E-state index contributed by atoms with van der Waals surface area (Å²) in [4.78, 5) is 6.91. The first-order chi connectivity index (χ1) is 9.78. The van der Waals surface area contributed by atoms with Gasteiger partial charge in [-0.05, 0) is 44.4 Å². The molecule has 1 aliphatic rings. The molecular weight excluding hydrogens is 254 g/mol. The number of hydrogen-bond donors (Lipinski definition) is 2. The predicted octanol–water partition coefficient (Wildman–Crippen LogP) is 2.15. The third-order valence-electron chi connectivity index (χ3n) is 4.03. The van der Waals surface area contributed by atoms with Gasteiger partial charge in [-0.3, -0.25) is 4.90 Å². The number of fused-ring (bicyclic) bond motifs is 1. The van der Waals surface area contributed by atoms with Gasteiger partial charge in [0, 0.05) is 12.6 Å². The van der Waals surface area contributed by atoms with Crippen LogP contribution in [0.3, 0.4) is 0 Å². The molecule has 0 radical (unpaired) electrons. The highest BCUT2D eigenvalue weighted by molar-refractivity contribution is 5.85. The Kier molecular flexibility index (Phi) is 3.89. The van der Waals surface area contributed by atoms with Gasteiger partial charge in [-0.2, -0.15) is 0 Å². The van der Waals surface area contributed by atoms with Crippen LogP contribution in [0.1, 0.15) is 31.6 Å². The number of para-hydroxylation sites is 1. The quantitative estimate of drug-likeness (QED) is 0.818. The van der Waals surface area contributed by atoms with Gasteiger partial charge in [0.25, 0.3) is 0 Å². The zero-order valence-corrected chi connectivity index (χ0v) is 11.6. The largest absolute Gasteiger partial charge is 0.439 e. The Morgan fingerprint density at radius 2 is 2.35 bits per heavy atom. The molecule has 20 heavy (non-hydrogen) atoms. The summed E-state index contributed by atoms with van der Waals surface area (Å²) in [5, 5.41) is 8.97. The van der Waals surface area contributed by atoms with Gasteiger partial charge in [0.1, 0.15) is 5.52 Å². The van der Waals surface area contributed by atoms with E-state index in [4.69, 9.17) is 15.3 Å². The maximum Gasteiger partial charge on any atom is 0.209 e. The second kappa shape index (κ2) is 5.81. The van der Waals surface area contributed by atoms with Gasteiger partial charge in [-0.1, -0.05) is 6.07 Å². The van der Waals surface area contributed by atoms with E-state index in [2.05, 4.69) is 9.88 Å². The minimum Gasteiger partial charge on any atom is -0.439 e. The van der Waals surface area contributed by atoms with Crippen molar-refractivity contribution in [2.45, 2.75) is 38.3 Å². The molecular formula is C15H21N3O2. The molecule has 1 aromatic heterocycles. The second-order valence-corrected chi connectivity index (χ2v) is 5.43. The number of oxazole rings is 1. The molecule has 1 fully saturated rings. The Hall–Kier alpha value is -1.59. The van der Waals surface area contributed by atoms with Crippen molar-refractivity contribution in [3.63, 3.8) is 0 Å². The van der Waals surface area contributed by atoms with Gasteiger partial charge in [0.15, 0.2) is 5.58 Å². The van der Waals surface area contributed by atoms with Gasteiger partial charge >= 0.3 is 0 Å². The van der Waals surface area contributed by atoms with E-state index in [-0.39, 0.29) is 6.61 Å². The molecule has 1 aromatic carbocycles. The maximum absolute atomic E-state index is 8.97. The number of anilines is 1. The highest BCUT2D eigenvalue weighted by Gasteiger charge is 2.25. The first-order valence-corrected chi connectivity index (χ1v) is 7.27. The normalized spacial score (nSPS) is 19.9. The van der Waals surface area contributed by atoms with Crippen molar-refractivity contribution < 1.29 is 9.52 Å². The lowest BCUT2D eigenvalue weighted by Crippen LogP contribution is -2.29. The lowest BCUT2D eigenvalue weighted by atomic mass is 10.1. The van der Waals surface area contributed by atoms with Gasteiger partial charge in [-0.15, -0.1) is 0 Å². The zero-order chi connectivity index (χ0) is 13.9. The summed E-state index contributed by atoms with van der Waals surface area (Å²) in [6, 6.07) is 6.16. The van der Waals surface area contributed by atoms with Crippen LogP contribution >= 0.6 is 0 Å². The highest BCUT2D eigenvalue weighted by atomic mass is 16.3. The van der Waals surface area contributed by atoms with Gasteiger partial charge in [0.2, 0.25) is 5.89 Å². The standard InChI is InChI=1S/C15H21N3O2/c16-12-6-1-7-13-15(12)17-14(20-13)10-18-8-2-4-11(18)5-3-9-19/h1,6-7,11,19H,2-5,8-10,16H2. The molecule has 108 valence electrons. The van der Waals surface area contributed by atoms with Crippen LogP contribution < -0.4 is 5.73 Å². The Morgan fingerprint density at radius 1 is 1.45 bits per heavy atom. The summed E-state index contributed by atoms with van der Waals surface area (Å²) in [5.41, 5.74) is 8.08. The number of hydrogen-bond acceptors (Lipinski definition) is 5. The van der Waals surface area contributed by atoms with E-state index < -0.39 is 0 Å². The third-order valence-corrected chi connectivity index (χ3v) is 4.03. The molecule has 3 N–H and O–H groups in total. The average molecular weight is 275 g/mol. The van der Waals surface area contributed by atoms with Crippen molar-refractivity contribution >= 4 is 16.8 Å². The molecule has 2 aromatic rings. The van der Waals surface area contributed by atoms with Crippen molar-refractivity contribution in [3.05, 3.63) is 24.1 Å². The molecule has 5 heteroatoms. The molecule has 1 saturated heterocycles. The summed E-state index contributed by atoms with van der Waals surface area (Å²) in [6.07, 6.45) is 4.31. The number of aliphatic hydroxyl groups is 1. The van der Waals surface area contributed by atoms with Crippen LogP contribution in [0.15, 0.2) is 22.6 Å². The molecule has 0 bridgehead atoms. The topological polar surface area (TPSA) is 75.5 Å². The van der Waals surface area contributed by atoms with E-state index in [1.54, 1.807) is 0 Å². The third kappa shape index (κ3) is 2.64. The molecule has 0 amide bonds. The maximum atomic E-state index is 8.97. The second-order valence-electron chi connectivity index (χ2n) is 5.43. The fraction of sp³-hybridized carbons (Fsp3) is 0.533. The van der Waals surface area contributed by atoms with Crippen LogP contribution in [0.25, 0.3) is 11.1 Å². The van der Waals surface area contributed by atoms with E-state index in [1.165, 1.54) is 12.8 Å². The van der Waals surface area contributed by atoms with E-state index in [0.29, 0.717) is 11.7 Å². The van der Waals surface area contributed by atoms with Crippen LogP contribution in [-0.4, -0.2) is 34.2 Å². The van der Waals surface area contributed by atoms with Crippen molar-refractivity contribution in [3.8, 4) is 0 Å². The summed E-state index contributed by atoms with van der Waals surface area (Å²) in [5.74, 6) is 0.730. The van der Waals surface area contributed by atoms with Gasteiger partial charge < -0.3 is 15.3 Å². The Bertz CT molecular complexity index is 582. The van der Waals surface area contributed by atoms with Crippen LogP contribution in [-0.2, 0) is 6.54 Å². The van der Waals surface area contributed by atoms with Crippen molar-refractivity contribution in [1.82, 2.24) is 9.88 Å². The molecule has 1 atom stereocenters. The number of nitrogen functional groups attached to an aromatic ring is 1. The number of aromatic nitrogens is 1. The van der Waals surface area contributed by atoms with E-state index in [9.17, 15) is 0 Å². The fourth-order valence-corrected chi connectivity index (χ4v) is 3.01. The van der Waals surface area contributed by atoms with E-state index in [1.807, 2.05) is 18.2 Å². The Balaban J connectivity index is 1.73. The molecule has 3 rings (SSSR count). The number of likely N-dealkylation sites (tertiary alicyclic amines) is 1. The summed E-state index contributed by atoms with van der Waals surface area (Å²) in [7, 11) is 0. The SMILES string of the molecule is Nc1cccc2oc(CN3CCCC3CCCO)nc12. The molecule has 1 aliphatic heterocycles. The minimum atomic E-state index is 0.268. The smallest absolute Gasteiger partial charge is 0.209 e. The van der Waals surface area contributed by atoms with Crippen LogP contribution in [0.5, 0.6) is 0 Å². The lowest BCUT2D eigenvalue weighted by Gasteiger charge is -2.22. The van der Waals surface area contributed by atoms with Crippen molar-refractivity contribution in [2.75, 3.05) is 18.9 Å². The van der Waals surface area contributed by atoms with Crippen LogP contribution in [0, 0.1) is 0 Å². The Labute approximate surface area is 118 Å². The molecule has 1 unspecified atom stereocenters. The Morgan fingerprint density at radius 3 is 3.15 bits per heavy atom. The first-order valence-electron chi connectivity index (χ1n) is 7.27.